The third kappa shape index (κ3) is 12.0. The van der Waals surface area contributed by atoms with Crippen LogP contribution in [-0.2, 0) is 57.1 Å². The first-order valence-corrected chi connectivity index (χ1v) is 16.9. The van der Waals surface area contributed by atoms with Crippen LogP contribution in [0.5, 0.6) is 0 Å². The normalized spacial score (nSPS) is 13.7. The lowest BCUT2D eigenvalue weighted by Gasteiger charge is -2.21. The number of carbonyl (C=O) groups excluding carboxylic acids is 4. The first kappa shape index (κ1) is 35.8. The predicted octanol–water partition coefficient (Wildman–Crippen LogP) is -0.437. The third-order valence-electron chi connectivity index (χ3n) is 5.71. The van der Waals surface area contributed by atoms with Crippen LogP contribution in [0.3, 0.4) is 0 Å². The van der Waals surface area contributed by atoms with Crippen LogP contribution in [0, 0.1) is 0 Å². The van der Waals surface area contributed by atoms with Crippen LogP contribution in [0.25, 0.3) is 0 Å². The molecule has 0 saturated carbocycles. The molecule has 0 aliphatic rings. The topological polar surface area (TPSA) is 262 Å². The van der Waals surface area contributed by atoms with E-state index in [1.54, 1.807) is 0 Å². The summed E-state index contributed by atoms with van der Waals surface area (Å²) in [5.74, 6) is -3.35. The summed E-state index contributed by atoms with van der Waals surface area (Å²) in [7, 11) is -8.87. The molecule has 3 unspecified atom stereocenters. The highest BCUT2D eigenvalue weighted by atomic mass is 32.3. The first-order valence-electron chi connectivity index (χ1n) is 12.4. The molecule has 2 aromatic rings. The highest BCUT2D eigenvalue weighted by Crippen LogP contribution is 2.23. The Morgan fingerprint density at radius 3 is 1.79 bits per heavy atom. The smallest absolute Gasteiger partial charge is 0.326 e. The Kier molecular flexibility index (Phi) is 13.2. The fraction of sp³-hybridized carbons (Fsp3) is 0.435. The molecule has 0 aliphatic heterocycles. The number of carboxylic acid groups (broad SMARTS) is 1. The summed E-state index contributed by atoms with van der Waals surface area (Å²) >= 11 is 1.43. The van der Waals surface area contributed by atoms with Crippen molar-refractivity contribution in [2.24, 2.45) is 0 Å². The summed E-state index contributed by atoms with van der Waals surface area (Å²) in [6.45, 7) is 1.23. The summed E-state index contributed by atoms with van der Waals surface area (Å²) < 4.78 is 62.7. The lowest BCUT2D eigenvalue weighted by atomic mass is 10.1. The number of thiophene rings is 2. The number of unbranched alkanes of at least 4 members (excludes halogenated alkanes) is 1. The molecule has 2 heterocycles. The van der Waals surface area contributed by atoms with Crippen LogP contribution in [0.2, 0.25) is 0 Å². The van der Waals surface area contributed by atoms with Crippen LogP contribution in [0.1, 0.15) is 35.9 Å². The van der Waals surface area contributed by atoms with Crippen LogP contribution >= 0.6 is 22.7 Å². The van der Waals surface area contributed by atoms with E-state index in [1.165, 1.54) is 18.2 Å². The summed E-state index contributed by atoms with van der Waals surface area (Å²) in [5.41, 5.74) is 0. The van der Waals surface area contributed by atoms with Crippen molar-refractivity contribution < 1.29 is 55.0 Å². The van der Waals surface area contributed by atoms with E-state index in [4.69, 9.17) is 9.11 Å². The Morgan fingerprint density at radius 2 is 1.35 bits per heavy atom. The van der Waals surface area contributed by atoms with E-state index in [1.807, 2.05) is 0 Å². The number of amides is 4. The van der Waals surface area contributed by atoms with E-state index < -0.39 is 62.1 Å². The Bertz CT molecular complexity index is 1530. The molecule has 43 heavy (non-hydrogen) atoms. The molecule has 3 atom stereocenters. The van der Waals surface area contributed by atoms with Gasteiger partial charge in [0.15, 0.2) is 0 Å². The van der Waals surface area contributed by atoms with Crippen molar-refractivity contribution in [1.82, 2.24) is 21.3 Å². The van der Waals surface area contributed by atoms with E-state index in [0.717, 1.165) is 24.3 Å². The lowest BCUT2D eigenvalue weighted by Crippen LogP contribution is -2.52. The Labute approximate surface area is 254 Å². The van der Waals surface area contributed by atoms with Gasteiger partial charge in [0.2, 0.25) is 24.1 Å². The summed E-state index contributed by atoms with van der Waals surface area (Å²) in [6, 6.07) is 1.43. The molecule has 16 nitrogen and oxygen atoms in total. The van der Waals surface area contributed by atoms with Gasteiger partial charge < -0.3 is 26.4 Å². The zero-order valence-electron chi connectivity index (χ0n) is 22.5. The molecule has 0 bridgehead atoms. The molecule has 0 aliphatic carbocycles. The number of hydrogen-bond donors (Lipinski definition) is 7. The van der Waals surface area contributed by atoms with Gasteiger partial charge in [-0.1, -0.05) is 0 Å². The molecular formula is C23H30N4O12S4. The second kappa shape index (κ2) is 15.9. The van der Waals surface area contributed by atoms with E-state index in [9.17, 15) is 45.9 Å². The van der Waals surface area contributed by atoms with Crippen molar-refractivity contribution in [3.05, 3.63) is 34.0 Å². The van der Waals surface area contributed by atoms with Gasteiger partial charge in [0.1, 0.15) is 26.5 Å². The molecule has 2 rings (SSSR count). The Hall–Kier alpha value is -3.43. The summed E-state index contributed by atoms with van der Waals surface area (Å²) in [4.78, 5) is 60.5. The largest absolute Gasteiger partial charge is 0.480 e. The molecule has 0 fully saturated rings. The van der Waals surface area contributed by atoms with Gasteiger partial charge in [-0.25, -0.2) is 4.79 Å². The van der Waals surface area contributed by atoms with Crippen molar-refractivity contribution in [2.45, 2.75) is 65.6 Å². The summed E-state index contributed by atoms with van der Waals surface area (Å²) in [5, 5.41) is 19.2. The minimum absolute atomic E-state index is 0.0424. The standard InChI is InChI=1S/C23H30N4O12S4/c1-13(29)26-18(11-15-6-8-20(41-15)43(37,38)39)22(31)27-16(23(32)33)4-2-3-9-24-21(30)17(25-12-28)10-14-5-7-19(40-14)42(34,35)36/h5-8,12,16-18H,2-4,9-11H2,1H3,(H,24,30)(H,25,28)(H,26,29)(H,27,31)(H,32,33)(H,34,35,36)(H,37,38,39). The van der Waals surface area contributed by atoms with Crippen molar-refractivity contribution in [2.75, 3.05) is 6.54 Å². The SMILES string of the molecule is CC(=O)NC(Cc1ccc(S(=O)(=O)O)s1)C(=O)NC(CCCCNC(=O)C(Cc1ccc(S(=O)(=O)O)s1)NC=O)C(=O)O. The number of carboxylic acids is 1. The van der Waals surface area contributed by atoms with Gasteiger partial charge in [0.05, 0.1) is 0 Å². The maximum atomic E-state index is 12.8. The van der Waals surface area contributed by atoms with E-state index in [-0.39, 0.29) is 47.1 Å². The van der Waals surface area contributed by atoms with Crippen LogP contribution in [-0.4, -0.2) is 85.8 Å². The Morgan fingerprint density at radius 1 is 0.814 bits per heavy atom. The fourth-order valence-electron chi connectivity index (χ4n) is 3.72. The molecule has 238 valence electrons. The van der Waals surface area contributed by atoms with Crippen molar-refractivity contribution in [3.63, 3.8) is 0 Å². The molecule has 0 saturated heterocycles. The number of aliphatic carboxylic acids is 1. The molecule has 7 N–H and O–H groups in total. The highest BCUT2D eigenvalue weighted by molar-refractivity contribution is 7.88. The van der Waals surface area contributed by atoms with Gasteiger partial charge >= 0.3 is 26.2 Å². The second-order valence-corrected chi connectivity index (χ2v) is 14.7. The maximum Gasteiger partial charge on any atom is 0.326 e. The highest BCUT2D eigenvalue weighted by Gasteiger charge is 2.27. The van der Waals surface area contributed by atoms with Crippen molar-refractivity contribution in [1.29, 1.82) is 0 Å². The monoisotopic (exact) mass is 682 g/mol. The molecule has 0 radical (unpaired) electrons. The maximum absolute atomic E-state index is 12.8. The van der Waals surface area contributed by atoms with Gasteiger partial charge in [-0.3, -0.25) is 28.3 Å². The van der Waals surface area contributed by atoms with Gasteiger partial charge in [0, 0.05) is 36.1 Å². The zero-order chi connectivity index (χ0) is 32.4. The molecule has 20 heteroatoms. The number of nitrogens with one attached hydrogen (secondary N) is 4. The van der Waals surface area contributed by atoms with Crippen LogP contribution in [0.4, 0.5) is 0 Å². The van der Waals surface area contributed by atoms with Crippen LogP contribution < -0.4 is 21.3 Å². The quantitative estimate of drug-likeness (QED) is 0.0600. The first-order chi connectivity index (χ1) is 20.0. The fourth-order valence-corrected chi connectivity index (χ4v) is 7.24. The van der Waals surface area contributed by atoms with E-state index in [0.29, 0.717) is 27.5 Å². The van der Waals surface area contributed by atoms with Gasteiger partial charge in [-0.15, -0.1) is 22.7 Å². The lowest BCUT2D eigenvalue weighted by molar-refractivity contribution is -0.142. The second-order valence-electron chi connectivity index (χ2n) is 9.08. The average molecular weight is 683 g/mol. The molecular weight excluding hydrogens is 653 g/mol. The summed E-state index contributed by atoms with van der Waals surface area (Å²) in [6.07, 6.45) is 0.576. The molecule has 4 amide bonds. The Balaban J connectivity index is 1.90. The number of rotatable bonds is 18. The zero-order valence-corrected chi connectivity index (χ0v) is 25.8. The molecule has 0 aromatic carbocycles. The minimum Gasteiger partial charge on any atom is -0.480 e. The van der Waals surface area contributed by atoms with Crippen LogP contribution in [0.15, 0.2) is 32.7 Å². The van der Waals surface area contributed by atoms with E-state index in [2.05, 4.69) is 21.3 Å². The average Bonchev–Trinajstić information content (AvgIpc) is 3.56. The van der Waals surface area contributed by atoms with Gasteiger partial charge in [-0.2, -0.15) is 16.8 Å². The van der Waals surface area contributed by atoms with Crippen molar-refractivity contribution in [3.8, 4) is 0 Å². The number of carbonyl (C=O) groups is 5. The molecule has 2 aromatic heterocycles. The minimum atomic E-state index is -4.46. The van der Waals surface area contributed by atoms with Crippen molar-refractivity contribution >= 4 is 73.0 Å². The number of hydrogen-bond acceptors (Lipinski definition) is 11. The third-order valence-corrected chi connectivity index (χ3v) is 10.6. The molecule has 0 spiro atoms. The van der Waals surface area contributed by atoms with E-state index >= 15 is 0 Å². The predicted molar refractivity (Wildman–Crippen MR) is 153 cm³/mol. The van der Waals surface area contributed by atoms with Gasteiger partial charge in [-0.05, 0) is 43.5 Å². The van der Waals surface area contributed by atoms with Gasteiger partial charge in [0.25, 0.3) is 0 Å².